The minimum atomic E-state index is -0.0262. The lowest BCUT2D eigenvalue weighted by molar-refractivity contribution is 0.0593. The standard InChI is InChI=1S/C13H22N2O2/c1-15(2)13(6-3-7-13)10-14-8-11-4-5-12(9-16)17-11/h4-5,14,16H,3,6-10H2,1-2H3. The Kier molecular flexibility index (Phi) is 3.86. The van der Waals surface area contributed by atoms with Gasteiger partial charge in [0.2, 0.25) is 0 Å². The molecule has 1 aliphatic carbocycles. The zero-order valence-electron chi connectivity index (χ0n) is 10.7. The molecule has 0 unspecified atom stereocenters. The monoisotopic (exact) mass is 238 g/mol. The highest BCUT2D eigenvalue weighted by atomic mass is 16.4. The van der Waals surface area contributed by atoms with E-state index in [9.17, 15) is 0 Å². The zero-order valence-corrected chi connectivity index (χ0v) is 10.7. The molecular weight excluding hydrogens is 216 g/mol. The summed E-state index contributed by atoms with van der Waals surface area (Å²) in [7, 11) is 4.30. The normalized spacial score (nSPS) is 18.4. The van der Waals surface area contributed by atoms with Gasteiger partial charge in [0.1, 0.15) is 18.1 Å². The fourth-order valence-electron chi connectivity index (χ4n) is 2.39. The van der Waals surface area contributed by atoms with Gasteiger partial charge in [-0.3, -0.25) is 0 Å². The second-order valence-corrected chi connectivity index (χ2v) is 5.10. The number of hydrogen-bond donors (Lipinski definition) is 2. The molecule has 0 radical (unpaired) electrons. The molecule has 96 valence electrons. The zero-order chi connectivity index (χ0) is 12.3. The van der Waals surface area contributed by atoms with Crippen LogP contribution in [0.15, 0.2) is 16.5 Å². The first-order valence-corrected chi connectivity index (χ1v) is 6.23. The van der Waals surface area contributed by atoms with Crippen LogP contribution in [0, 0.1) is 0 Å². The van der Waals surface area contributed by atoms with Crippen LogP contribution in [0.5, 0.6) is 0 Å². The highest BCUT2D eigenvalue weighted by molar-refractivity contribution is 5.06. The first-order chi connectivity index (χ1) is 8.16. The van der Waals surface area contributed by atoms with Gasteiger partial charge in [-0.1, -0.05) is 0 Å². The molecule has 1 aromatic rings. The Balaban J connectivity index is 1.79. The summed E-state index contributed by atoms with van der Waals surface area (Å²) in [5, 5.41) is 12.4. The van der Waals surface area contributed by atoms with Crippen LogP contribution in [0.2, 0.25) is 0 Å². The van der Waals surface area contributed by atoms with Crippen molar-refractivity contribution >= 4 is 0 Å². The van der Waals surface area contributed by atoms with E-state index in [1.54, 1.807) is 0 Å². The number of likely N-dealkylation sites (N-methyl/N-ethyl adjacent to an activating group) is 1. The molecule has 17 heavy (non-hydrogen) atoms. The molecule has 2 N–H and O–H groups in total. The van der Waals surface area contributed by atoms with Crippen molar-refractivity contribution in [3.05, 3.63) is 23.7 Å². The third-order valence-corrected chi connectivity index (χ3v) is 3.86. The Hall–Kier alpha value is -0.840. The maximum Gasteiger partial charge on any atom is 0.129 e. The van der Waals surface area contributed by atoms with Gasteiger partial charge in [-0.2, -0.15) is 0 Å². The van der Waals surface area contributed by atoms with E-state index in [0.717, 1.165) is 18.8 Å². The van der Waals surface area contributed by atoms with Gasteiger partial charge in [0.05, 0.1) is 6.54 Å². The molecule has 0 aliphatic heterocycles. The number of aliphatic hydroxyl groups is 1. The van der Waals surface area contributed by atoms with Gasteiger partial charge in [-0.25, -0.2) is 0 Å². The molecule has 4 heteroatoms. The van der Waals surface area contributed by atoms with Crippen LogP contribution in [0.25, 0.3) is 0 Å². The van der Waals surface area contributed by atoms with Crippen molar-refractivity contribution < 1.29 is 9.52 Å². The van der Waals surface area contributed by atoms with E-state index in [4.69, 9.17) is 9.52 Å². The van der Waals surface area contributed by atoms with Crippen LogP contribution in [-0.4, -0.2) is 36.2 Å². The summed E-state index contributed by atoms with van der Waals surface area (Å²) < 4.78 is 5.43. The van der Waals surface area contributed by atoms with Gasteiger partial charge in [0.15, 0.2) is 0 Å². The molecule has 1 aromatic heterocycles. The van der Waals surface area contributed by atoms with E-state index in [-0.39, 0.29) is 6.61 Å². The molecule has 0 amide bonds. The minimum Gasteiger partial charge on any atom is -0.462 e. The van der Waals surface area contributed by atoms with E-state index >= 15 is 0 Å². The SMILES string of the molecule is CN(C)C1(CNCc2ccc(CO)o2)CCC1. The Bertz CT molecular complexity index is 356. The molecule has 0 atom stereocenters. The Labute approximate surface area is 103 Å². The van der Waals surface area contributed by atoms with Crippen LogP contribution in [-0.2, 0) is 13.2 Å². The molecule has 1 aliphatic rings. The number of hydrogen-bond acceptors (Lipinski definition) is 4. The number of furan rings is 1. The summed E-state index contributed by atoms with van der Waals surface area (Å²) in [5.74, 6) is 1.52. The fraction of sp³-hybridized carbons (Fsp3) is 0.692. The van der Waals surface area contributed by atoms with Gasteiger partial charge in [0.25, 0.3) is 0 Å². The van der Waals surface area contributed by atoms with Crippen LogP contribution in [0.3, 0.4) is 0 Å². The van der Waals surface area contributed by atoms with Crippen molar-refractivity contribution in [2.75, 3.05) is 20.6 Å². The van der Waals surface area contributed by atoms with Crippen molar-refractivity contribution in [2.45, 2.75) is 38.0 Å². The topological polar surface area (TPSA) is 48.6 Å². The van der Waals surface area contributed by atoms with Crippen LogP contribution in [0.4, 0.5) is 0 Å². The van der Waals surface area contributed by atoms with E-state index in [2.05, 4.69) is 24.3 Å². The van der Waals surface area contributed by atoms with Gasteiger partial charge in [-0.15, -0.1) is 0 Å². The predicted octanol–water partition coefficient (Wildman–Crippen LogP) is 1.35. The van der Waals surface area contributed by atoms with Crippen molar-refractivity contribution in [3.8, 4) is 0 Å². The lowest BCUT2D eigenvalue weighted by Crippen LogP contribution is -2.56. The Morgan fingerprint density at radius 2 is 2.06 bits per heavy atom. The molecule has 0 bridgehead atoms. The van der Waals surface area contributed by atoms with Gasteiger partial charge in [0, 0.05) is 12.1 Å². The van der Waals surface area contributed by atoms with E-state index < -0.39 is 0 Å². The molecule has 0 saturated heterocycles. The van der Waals surface area contributed by atoms with Crippen LogP contribution < -0.4 is 5.32 Å². The maximum atomic E-state index is 8.90. The second-order valence-electron chi connectivity index (χ2n) is 5.10. The summed E-state index contributed by atoms with van der Waals surface area (Å²) >= 11 is 0. The summed E-state index contributed by atoms with van der Waals surface area (Å²) in [6.45, 7) is 1.70. The van der Waals surface area contributed by atoms with Crippen molar-refractivity contribution in [2.24, 2.45) is 0 Å². The summed E-state index contributed by atoms with van der Waals surface area (Å²) in [5.41, 5.74) is 0.340. The molecule has 4 nitrogen and oxygen atoms in total. The lowest BCUT2D eigenvalue weighted by Gasteiger charge is -2.47. The largest absolute Gasteiger partial charge is 0.462 e. The number of nitrogens with zero attached hydrogens (tertiary/aromatic N) is 1. The van der Waals surface area contributed by atoms with Gasteiger partial charge in [-0.05, 0) is 45.5 Å². The second kappa shape index (κ2) is 5.21. The number of nitrogens with one attached hydrogen (secondary N) is 1. The van der Waals surface area contributed by atoms with Crippen molar-refractivity contribution in [1.82, 2.24) is 10.2 Å². The third-order valence-electron chi connectivity index (χ3n) is 3.86. The van der Waals surface area contributed by atoms with Crippen LogP contribution >= 0.6 is 0 Å². The number of aliphatic hydroxyl groups excluding tert-OH is 1. The fourth-order valence-corrected chi connectivity index (χ4v) is 2.39. The van der Waals surface area contributed by atoms with Gasteiger partial charge >= 0.3 is 0 Å². The predicted molar refractivity (Wildman–Crippen MR) is 66.6 cm³/mol. The lowest BCUT2D eigenvalue weighted by atomic mass is 9.75. The quantitative estimate of drug-likeness (QED) is 0.785. The smallest absolute Gasteiger partial charge is 0.129 e. The average Bonchev–Trinajstić information content (AvgIpc) is 2.69. The molecule has 1 saturated carbocycles. The summed E-state index contributed by atoms with van der Waals surface area (Å²) in [6.07, 6.45) is 3.87. The third kappa shape index (κ3) is 2.70. The summed E-state index contributed by atoms with van der Waals surface area (Å²) in [6, 6.07) is 3.74. The van der Waals surface area contributed by atoms with E-state index in [0.29, 0.717) is 11.3 Å². The highest BCUT2D eigenvalue weighted by Gasteiger charge is 2.38. The molecule has 0 spiro atoms. The van der Waals surface area contributed by atoms with E-state index in [1.807, 2.05) is 12.1 Å². The van der Waals surface area contributed by atoms with Crippen molar-refractivity contribution in [3.63, 3.8) is 0 Å². The van der Waals surface area contributed by atoms with Crippen LogP contribution in [0.1, 0.15) is 30.8 Å². The Morgan fingerprint density at radius 1 is 1.35 bits per heavy atom. The first kappa shape index (κ1) is 12.6. The molecule has 2 rings (SSSR count). The molecular formula is C13H22N2O2. The maximum absolute atomic E-state index is 8.90. The summed E-state index contributed by atoms with van der Waals surface area (Å²) in [4.78, 5) is 2.32. The van der Waals surface area contributed by atoms with Crippen molar-refractivity contribution in [1.29, 1.82) is 0 Å². The Morgan fingerprint density at radius 3 is 2.53 bits per heavy atom. The highest BCUT2D eigenvalue weighted by Crippen LogP contribution is 2.35. The average molecular weight is 238 g/mol. The van der Waals surface area contributed by atoms with Gasteiger partial charge < -0.3 is 19.7 Å². The first-order valence-electron chi connectivity index (χ1n) is 6.23. The molecule has 0 aromatic carbocycles. The number of rotatable bonds is 6. The minimum absolute atomic E-state index is 0.0262. The van der Waals surface area contributed by atoms with E-state index in [1.165, 1.54) is 19.3 Å². The molecule has 1 heterocycles. The molecule has 1 fully saturated rings.